The molecular weight excluding hydrogens is 314 g/mol. The molecule has 5 heteroatoms. The number of H-pyrrole nitrogens is 1. The predicted octanol–water partition coefficient (Wildman–Crippen LogP) is 3.90. The molecule has 0 aromatic carbocycles. The molecule has 1 aromatic rings. The summed E-state index contributed by atoms with van der Waals surface area (Å²) in [5.74, 6) is 0.694. The second-order valence-corrected chi connectivity index (χ2v) is 6.51. The van der Waals surface area contributed by atoms with Crippen molar-refractivity contribution in [1.29, 1.82) is 0 Å². The van der Waals surface area contributed by atoms with Crippen LogP contribution in [-0.2, 0) is 4.74 Å². The zero-order valence-corrected chi connectivity index (χ0v) is 15.0. The van der Waals surface area contributed by atoms with Gasteiger partial charge in [-0.1, -0.05) is 19.8 Å². The molecule has 2 N–H and O–H groups in total. The van der Waals surface area contributed by atoms with E-state index in [1.807, 2.05) is 36.6 Å². The summed E-state index contributed by atoms with van der Waals surface area (Å²) >= 11 is 0. The molecule has 0 aliphatic carbocycles. The molecule has 1 atom stereocenters. The molecule has 25 heavy (non-hydrogen) atoms. The molecular formula is C20H25N3O2. The third-order valence-corrected chi connectivity index (χ3v) is 4.47. The van der Waals surface area contributed by atoms with Crippen LogP contribution in [0, 0.1) is 0 Å². The molecule has 3 heterocycles. The summed E-state index contributed by atoms with van der Waals surface area (Å²) < 4.78 is 5.45. The summed E-state index contributed by atoms with van der Waals surface area (Å²) in [6.45, 7) is 3.91. The third-order valence-electron chi connectivity index (χ3n) is 4.47. The summed E-state index contributed by atoms with van der Waals surface area (Å²) in [7, 11) is 1.63. The lowest BCUT2D eigenvalue weighted by Gasteiger charge is -2.17. The number of aliphatic hydroxyl groups is 1. The Kier molecular flexibility index (Phi) is 5.04. The summed E-state index contributed by atoms with van der Waals surface area (Å²) in [4.78, 5) is 12.2. The quantitative estimate of drug-likeness (QED) is 0.740. The van der Waals surface area contributed by atoms with Crippen molar-refractivity contribution in [3.05, 3.63) is 59.3 Å². The fraction of sp³-hybridized carbons (Fsp3) is 0.400. The molecule has 0 bridgehead atoms. The molecule has 0 fully saturated rings. The fourth-order valence-corrected chi connectivity index (χ4v) is 3.07. The van der Waals surface area contributed by atoms with Crippen LogP contribution in [0.5, 0.6) is 0 Å². The molecule has 0 radical (unpaired) electrons. The second kappa shape index (κ2) is 7.23. The monoisotopic (exact) mass is 339 g/mol. The van der Waals surface area contributed by atoms with E-state index in [9.17, 15) is 5.11 Å². The van der Waals surface area contributed by atoms with Crippen molar-refractivity contribution in [1.82, 2.24) is 4.98 Å². The average Bonchev–Trinajstić information content (AvgIpc) is 3.27. The van der Waals surface area contributed by atoms with E-state index >= 15 is 0 Å². The number of unbranched alkanes of at least 4 members (excludes halogenated alkanes) is 2. The Balaban J connectivity index is 1.83. The summed E-state index contributed by atoms with van der Waals surface area (Å²) in [5.41, 5.74) is 3.04. The average molecular weight is 339 g/mol. The molecule has 1 aromatic heterocycles. The van der Waals surface area contributed by atoms with Crippen LogP contribution >= 0.6 is 0 Å². The number of allylic oxidation sites excluding steroid dienone is 3. The Bertz CT molecular complexity index is 778. The summed E-state index contributed by atoms with van der Waals surface area (Å²) in [5, 5.41) is 10.6. The normalized spacial score (nSPS) is 24.2. The molecule has 0 spiro atoms. The van der Waals surface area contributed by atoms with Crippen LogP contribution in [0.2, 0.25) is 0 Å². The van der Waals surface area contributed by atoms with Gasteiger partial charge in [-0.2, -0.15) is 0 Å². The van der Waals surface area contributed by atoms with E-state index in [1.165, 1.54) is 0 Å². The van der Waals surface area contributed by atoms with E-state index in [4.69, 9.17) is 4.74 Å². The highest BCUT2D eigenvalue weighted by molar-refractivity contribution is 6.12. The molecule has 2 aliphatic rings. The van der Waals surface area contributed by atoms with Gasteiger partial charge in [0.1, 0.15) is 11.5 Å². The summed E-state index contributed by atoms with van der Waals surface area (Å²) in [6.07, 6.45) is 11.8. The van der Waals surface area contributed by atoms with Crippen molar-refractivity contribution in [2.45, 2.75) is 45.3 Å². The SMILES string of the molecule is CCCCCC1=CC(/C=C2/N=C(c3ccc[nH]3)C=C2OC)=NC1(C)O. The van der Waals surface area contributed by atoms with Crippen LogP contribution in [0.4, 0.5) is 0 Å². The Morgan fingerprint density at radius 2 is 2.16 bits per heavy atom. The minimum atomic E-state index is -1.12. The van der Waals surface area contributed by atoms with Crippen LogP contribution in [0.3, 0.4) is 0 Å². The van der Waals surface area contributed by atoms with Gasteiger partial charge in [-0.05, 0) is 49.6 Å². The van der Waals surface area contributed by atoms with Crippen LogP contribution in [0.1, 0.15) is 45.2 Å². The standard InChI is InChI=1S/C20H25N3O2/c1-4-5-6-8-14-11-15(23-20(14,2)24)12-18-19(25-3)13-17(22-18)16-9-7-10-21-16/h7,9-13,21,24H,4-6,8H2,1-3H3/b18-12+. The van der Waals surface area contributed by atoms with Crippen molar-refractivity contribution < 1.29 is 9.84 Å². The summed E-state index contributed by atoms with van der Waals surface area (Å²) in [6, 6.07) is 3.90. The molecule has 3 rings (SSSR count). The van der Waals surface area contributed by atoms with Crippen LogP contribution in [-0.4, -0.2) is 34.3 Å². The number of hydrogen-bond acceptors (Lipinski definition) is 4. The first kappa shape index (κ1) is 17.4. The lowest BCUT2D eigenvalue weighted by atomic mass is 10.00. The van der Waals surface area contributed by atoms with Crippen molar-refractivity contribution in [2.24, 2.45) is 9.98 Å². The fourth-order valence-electron chi connectivity index (χ4n) is 3.07. The van der Waals surface area contributed by atoms with Gasteiger partial charge in [0.2, 0.25) is 0 Å². The van der Waals surface area contributed by atoms with E-state index < -0.39 is 5.72 Å². The van der Waals surface area contributed by atoms with Gasteiger partial charge >= 0.3 is 0 Å². The van der Waals surface area contributed by atoms with Gasteiger partial charge in [0.05, 0.1) is 24.2 Å². The maximum absolute atomic E-state index is 10.6. The Morgan fingerprint density at radius 3 is 2.84 bits per heavy atom. The van der Waals surface area contributed by atoms with Crippen LogP contribution in [0.25, 0.3) is 0 Å². The molecule has 132 valence electrons. The molecule has 1 unspecified atom stereocenters. The Morgan fingerprint density at radius 1 is 1.32 bits per heavy atom. The van der Waals surface area contributed by atoms with Gasteiger partial charge < -0.3 is 14.8 Å². The van der Waals surface area contributed by atoms with E-state index in [-0.39, 0.29) is 0 Å². The number of nitrogens with one attached hydrogen (secondary N) is 1. The topological polar surface area (TPSA) is 70.0 Å². The van der Waals surface area contributed by atoms with Gasteiger partial charge in [-0.25, -0.2) is 9.98 Å². The highest BCUT2D eigenvalue weighted by Crippen LogP contribution is 2.30. The van der Waals surface area contributed by atoms with Gasteiger partial charge in [0.25, 0.3) is 0 Å². The second-order valence-electron chi connectivity index (χ2n) is 6.51. The number of nitrogens with zero attached hydrogens (tertiary/aromatic N) is 2. The van der Waals surface area contributed by atoms with E-state index in [1.54, 1.807) is 14.0 Å². The molecule has 2 aliphatic heterocycles. The predicted molar refractivity (Wildman–Crippen MR) is 101 cm³/mol. The molecule has 5 nitrogen and oxygen atoms in total. The Hall–Kier alpha value is -2.40. The zero-order valence-electron chi connectivity index (χ0n) is 15.0. The molecule has 0 amide bonds. The zero-order chi connectivity index (χ0) is 17.9. The highest BCUT2D eigenvalue weighted by Gasteiger charge is 2.30. The number of ether oxygens (including phenoxy) is 1. The lowest BCUT2D eigenvalue weighted by Crippen LogP contribution is -2.21. The molecule has 0 saturated carbocycles. The number of hydrogen-bond donors (Lipinski definition) is 2. The largest absolute Gasteiger partial charge is 0.494 e. The lowest BCUT2D eigenvalue weighted by molar-refractivity contribution is 0.108. The first-order valence-electron chi connectivity index (χ1n) is 8.77. The van der Waals surface area contributed by atoms with E-state index in [0.717, 1.165) is 48.4 Å². The smallest absolute Gasteiger partial charge is 0.176 e. The third kappa shape index (κ3) is 3.82. The number of aliphatic imine (C=N–C) groups is 2. The van der Waals surface area contributed by atoms with Crippen molar-refractivity contribution >= 4 is 11.4 Å². The number of aromatic nitrogens is 1. The number of methoxy groups -OCH3 is 1. The van der Waals surface area contributed by atoms with Crippen LogP contribution < -0.4 is 0 Å². The van der Waals surface area contributed by atoms with Gasteiger partial charge in [-0.3, -0.25) is 0 Å². The minimum Gasteiger partial charge on any atom is -0.494 e. The minimum absolute atomic E-state index is 0.694. The van der Waals surface area contributed by atoms with Gasteiger partial charge in [0, 0.05) is 12.3 Å². The highest BCUT2D eigenvalue weighted by atomic mass is 16.5. The van der Waals surface area contributed by atoms with Crippen molar-refractivity contribution in [2.75, 3.05) is 7.11 Å². The maximum atomic E-state index is 10.6. The van der Waals surface area contributed by atoms with Gasteiger partial charge in [0.15, 0.2) is 5.72 Å². The molecule has 0 saturated heterocycles. The van der Waals surface area contributed by atoms with E-state index in [0.29, 0.717) is 11.5 Å². The first-order chi connectivity index (χ1) is 12.0. The van der Waals surface area contributed by atoms with E-state index in [2.05, 4.69) is 21.9 Å². The van der Waals surface area contributed by atoms with Crippen molar-refractivity contribution in [3.63, 3.8) is 0 Å². The number of rotatable bonds is 7. The van der Waals surface area contributed by atoms with Gasteiger partial charge in [-0.15, -0.1) is 0 Å². The van der Waals surface area contributed by atoms with Crippen molar-refractivity contribution in [3.8, 4) is 0 Å². The van der Waals surface area contributed by atoms with Crippen LogP contribution in [0.15, 0.2) is 63.6 Å². The first-order valence-corrected chi connectivity index (χ1v) is 8.77. The maximum Gasteiger partial charge on any atom is 0.176 e. The number of aromatic amines is 1. The Labute approximate surface area is 148 Å².